The number of fused-ring (bicyclic) bond motifs is 3. The van der Waals surface area contributed by atoms with Gasteiger partial charge in [0.2, 0.25) is 0 Å². The van der Waals surface area contributed by atoms with E-state index in [0.717, 1.165) is 41.6 Å². The number of carbonyl (C=O) groups is 1. The van der Waals surface area contributed by atoms with E-state index < -0.39 is 9.84 Å². The molecule has 1 aromatic heterocycles. The Bertz CT molecular complexity index is 969. The molecule has 1 aliphatic heterocycles. The second kappa shape index (κ2) is 6.55. The smallest absolute Gasteiger partial charge is 0.331 e. The van der Waals surface area contributed by atoms with Gasteiger partial charge in [0.15, 0.2) is 9.84 Å². The molecule has 1 aliphatic rings. The van der Waals surface area contributed by atoms with E-state index >= 15 is 0 Å². The van der Waals surface area contributed by atoms with E-state index in [2.05, 4.69) is 0 Å². The highest BCUT2D eigenvalue weighted by molar-refractivity contribution is 7.90. The molecule has 3 rings (SSSR count). The van der Waals surface area contributed by atoms with E-state index in [1.54, 1.807) is 19.1 Å². The van der Waals surface area contributed by atoms with Crippen LogP contribution in [0, 0.1) is 0 Å². The number of allylic oxidation sites excluding steroid dienone is 1. The number of benzene rings is 1. The van der Waals surface area contributed by atoms with Crippen LogP contribution in [-0.2, 0) is 25.9 Å². The molecular weight excluding hydrogens is 342 g/mol. The van der Waals surface area contributed by atoms with Crippen LogP contribution in [0.15, 0.2) is 29.2 Å². The van der Waals surface area contributed by atoms with Crippen molar-refractivity contribution in [3.8, 4) is 5.75 Å². The molecule has 0 spiro atoms. The minimum absolute atomic E-state index is 0.222. The standard InChI is InChI=1S/C18H21NO5S/c1-4-24-18(20)8-12-6-5-7-19-15(12)11-14-16(19)9-13(25(3,21)22)10-17(14)23-2/h8-11H,4-7H2,1-3H3/b12-8-. The van der Waals surface area contributed by atoms with E-state index in [1.165, 1.54) is 19.4 Å². The Labute approximate surface area is 147 Å². The minimum atomic E-state index is -3.35. The number of carbonyl (C=O) groups excluding carboxylic acids is 1. The fourth-order valence-electron chi connectivity index (χ4n) is 3.22. The number of aryl methyl sites for hydroxylation is 1. The third kappa shape index (κ3) is 3.28. The van der Waals surface area contributed by atoms with E-state index in [0.29, 0.717) is 12.4 Å². The Balaban J connectivity index is 2.22. The average molecular weight is 363 g/mol. The first-order valence-electron chi connectivity index (χ1n) is 8.14. The highest BCUT2D eigenvalue weighted by atomic mass is 32.2. The summed E-state index contributed by atoms with van der Waals surface area (Å²) in [5.74, 6) is 0.148. The molecule has 0 bridgehead atoms. The van der Waals surface area contributed by atoms with Gasteiger partial charge in [-0.25, -0.2) is 13.2 Å². The van der Waals surface area contributed by atoms with Crippen molar-refractivity contribution < 1.29 is 22.7 Å². The predicted molar refractivity (Wildman–Crippen MR) is 95.4 cm³/mol. The molecule has 1 aromatic carbocycles. The van der Waals surface area contributed by atoms with Crippen molar-refractivity contribution in [2.24, 2.45) is 0 Å². The summed E-state index contributed by atoms with van der Waals surface area (Å²) in [5, 5.41) is 0.835. The second-order valence-corrected chi connectivity index (χ2v) is 8.05. The molecule has 6 nitrogen and oxygen atoms in total. The molecule has 134 valence electrons. The lowest BCUT2D eigenvalue weighted by Crippen LogP contribution is -2.11. The highest BCUT2D eigenvalue weighted by Gasteiger charge is 2.22. The molecule has 7 heteroatoms. The number of sulfone groups is 1. The number of rotatable bonds is 4. The average Bonchev–Trinajstić information content (AvgIpc) is 2.93. The van der Waals surface area contributed by atoms with Crippen LogP contribution in [0.25, 0.3) is 16.5 Å². The summed E-state index contributed by atoms with van der Waals surface area (Å²) in [5.41, 5.74) is 2.59. The quantitative estimate of drug-likeness (QED) is 0.617. The highest BCUT2D eigenvalue weighted by Crippen LogP contribution is 2.37. The van der Waals surface area contributed by atoms with E-state index in [4.69, 9.17) is 9.47 Å². The van der Waals surface area contributed by atoms with Crippen molar-refractivity contribution >= 4 is 32.3 Å². The van der Waals surface area contributed by atoms with Gasteiger partial charge in [0.25, 0.3) is 0 Å². The van der Waals surface area contributed by atoms with Crippen molar-refractivity contribution in [3.63, 3.8) is 0 Å². The van der Waals surface area contributed by atoms with Gasteiger partial charge in [0, 0.05) is 30.0 Å². The lowest BCUT2D eigenvalue weighted by atomic mass is 10.0. The molecule has 2 aromatic rings. The molecule has 0 aliphatic carbocycles. The molecule has 25 heavy (non-hydrogen) atoms. The summed E-state index contributed by atoms with van der Waals surface area (Å²) in [6.45, 7) is 2.86. The first-order valence-corrected chi connectivity index (χ1v) is 10.0. The Hall–Kier alpha value is -2.28. The molecule has 0 amide bonds. The topological polar surface area (TPSA) is 74.6 Å². The van der Waals surface area contributed by atoms with Crippen LogP contribution < -0.4 is 4.74 Å². The van der Waals surface area contributed by atoms with Crippen molar-refractivity contribution in [2.75, 3.05) is 20.0 Å². The molecular formula is C18H21NO5S. The van der Waals surface area contributed by atoms with Gasteiger partial charge in [-0.3, -0.25) is 0 Å². The maximum absolute atomic E-state index is 12.0. The summed E-state index contributed by atoms with van der Waals surface area (Å²) >= 11 is 0. The Morgan fingerprint density at radius 3 is 2.72 bits per heavy atom. The largest absolute Gasteiger partial charge is 0.496 e. The second-order valence-electron chi connectivity index (χ2n) is 6.04. The molecule has 0 saturated heterocycles. The van der Waals surface area contributed by atoms with Crippen LogP contribution >= 0.6 is 0 Å². The Morgan fingerprint density at radius 2 is 2.08 bits per heavy atom. The van der Waals surface area contributed by atoms with Gasteiger partial charge in [-0.05, 0) is 43.5 Å². The number of hydrogen-bond acceptors (Lipinski definition) is 5. The van der Waals surface area contributed by atoms with Gasteiger partial charge in [-0.15, -0.1) is 0 Å². The number of hydrogen-bond donors (Lipinski definition) is 0. The fraction of sp³-hybridized carbons (Fsp3) is 0.389. The first-order chi connectivity index (χ1) is 11.8. The summed E-state index contributed by atoms with van der Waals surface area (Å²) in [7, 11) is -1.83. The lowest BCUT2D eigenvalue weighted by Gasteiger charge is -2.19. The van der Waals surface area contributed by atoms with Crippen LogP contribution in [-0.4, -0.2) is 38.9 Å². The maximum Gasteiger partial charge on any atom is 0.331 e. The molecule has 2 heterocycles. The maximum atomic E-state index is 12.0. The van der Waals surface area contributed by atoms with Gasteiger partial charge in [0.1, 0.15) is 5.75 Å². The summed E-state index contributed by atoms with van der Waals surface area (Å²) < 4.78 is 36.4. The van der Waals surface area contributed by atoms with E-state index in [1.807, 2.05) is 10.6 Å². The van der Waals surface area contributed by atoms with Crippen LogP contribution in [0.5, 0.6) is 5.75 Å². The summed E-state index contributed by atoms with van der Waals surface area (Å²) in [6, 6.07) is 5.16. The first kappa shape index (κ1) is 17.5. The van der Waals surface area contributed by atoms with Crippen molar-refractivity contribution in [1.82, 2.24) is 4.57 Å². The molecule has 0 radical (unpaired) electrons. The number of nitrogens with zero attached hydrogens (tertiary/aromatic N) is 1. The third-order valence-corrected chi connectivity index (χ3v) is 5.43. The molecule has 0 unspecified atom stereocenters. The Kier molecular flexibility index (Phi) is 4.60. The van der Waals surface area contributed by atoms with Crippen LogP contribution in [0.2, 0.25) is 0 Å². The van der Waals surface area contributed by atoms with Crippen LogP contribution in [0.3, 0.4) is 0 Å². The molecule has 0 N–H and O–H groups in total. The van der Waals surface area contributed by atoms with Gasteiger partial charge < -0.3 is 14.0 Å². The van der Waals surface area contributed by atoms with Crippen LogP contribution in [0.4, 0.5) is 0 Å². The molecule has 0 atom stereocenters. The number of esters is 1. The predicted octanol–water partition coefficient (Wildman–Crippen LogP) is 2.79. The zero-order valence-corrected chi connectivity index (χ0v) is 15.4. The van der Waals surface area contributed by atoms with E-state index in [-0.39, 0.29) is 10.9 Å². The number of aromatic nitrogens is 1. The van der Waals surface area contributed by atoms with Crippen molar-refractivity contribution in [2.45, 2.75) is 31.2 Å². The third-order valence-electron chi connectivity index (χ3n) is 4.34. The van der Waals surface area contributed by atoms with Gasteiger partial charge >= 0.3 is 5.97 Å². The van der Waals surface area contributed by atoms with Gasteiger partial charge in [0.05, 0.1) is 24.1 Å². The fourth-order valence-corrected chi connectivity index (χ4v) is 3.86. The van der Waals surface area contributed by atoms with Gasteiger partial charge in [-0.2, -0.15) is 0 Å². The number of methoxy groups -OCH3 is 1. The normalized spacial score (nSPS) is 16.0. The van der Waals surface area contributed by atoms with Gasteiger partial charge in [-0.1, -0.05) is 0 Å². The SMILES string of the molecule is CCOC(=O)/C=C1/CCCn2c1cc1c(OC)cc(S(C)(=O)=O)cc12. The Morgan fingerprint density at radius 1 is 1.32 bits per heavy atom. The number of ether oxygens (including phenoxy) is 2. The zero-order valence-electron chi connectivity index (χ0n) is 14.5. The van der Waals surface area contributed by atoms with E-state index in [9.17, 15) is 13.2 Å². The summed E-state index contributed by atoms with van der Waals surface area (Å²) in [6.07, 6.45) is 4.35. The minimum Gasteiger partial charge on any atom is -0.496 e. The lowest BCUT2D eigenvalue weighted by molar-refractivity contribution is -0.137. The van der Waals surface area contributed by atoms with Crippen LogP contribution in [0.1, 0.15) is 25.5 Å². The summed E-state index contributed by atoms with van der Waals surface area (Å²) in [4.78, 5) is 12.1. The van der Waals surface area contributed by atoms with Crippen molar-refractivity contribution in [3.05, 3.63) is 30.0 Å². The zero-order chi connectivity index (χ0) is 18.2. The monoisotopic (exact) mass is 363 g/mol. The van der Waals surface area contributed by atoms with Crippen molar-refractivity contribution in [1.29, 1.82) is 0 Å². The molecule has 0 saturated carbocycles. The molecule has 0 fully saturated rings.